The van der Waals surface area contributed by atoms with Gasteiger partial charge in [0.1, 0.15) is 13.2 Å². The van der Waals surface area contributed by atoms with Crippen LogP contribution in [0.2, 0.25) is 0 Å². The average Bonchev–Trinajstić information content (AvgIpc) is 3.56. The summed E-state index contributed by atoms with van der Waals surface area (Å²) in [6.45, 7) is 4.55. The molecule has 0 aromatic heterocycles. The molecule has 84 heavy (non-hydrogen) atoms. The highest BCUT2D eigenvalue weighted by atomic mass is 31.2. The van der Waals surface area contributed by atoms with Crippen molar-refractivity contribution in [3.63, 3.8) is 0 Å². The van der Waals surface area contributed by atoms with E-state index in [4.69, 9.17) is 9.05 Å². The van der Waals surface area contributed by atoms with Crippen LogP contribution in [0.4, 0.5) is 0 Å². The van der Waals surface area contributed by atoms with Gasteiger partial charge in [-0.15, -0.1) is 0 Å². The van der Waals surface area contributed by atoms with E-state index >= 15 is 0 Å². The Hall–Kier alpha value is -3.10. The number of hydrogen-bond donors (Lipinski definition) is 2. The van der Waals surface area contributed by atoms with Crippen molar-refractivity contribution in [1.29, 1.82) is 0 Å². The Balaban J connectivity index is 4.11. The Morgan fingerprint density at radius 1 is 0.429 bits per heavy atom. The van der Waals surface area contributed by atoms with Gasteiger partial charge in [0.25, 0.3) is 7.82 Å². The minimum Gasteiger partial charge on any atom is -0.756 e. The highest BCUT2D eigenvalue weighted by molar-refractivity contribution is 7.45. The molecule has 0 heterocycles. The van der Waals surface area contributed by atoms with Crippen molar-refractivity contribution in [3.05, 3.63) is 122 Å². The summed E-state index contributed by atoms with van der Waals surface area (Å²) >= 11 is 0. The number of phosphoric ester groups is 1. The second-order valence-electron chi connectivity index (χ2n) is 24.5. The zero-order chi connectivity index (χ0) is 61.2. The number of carbonyl (C=O) groups excluding carboxylic acids is 1. The van der Waals surface area contributed by atoms with E-state index in [0.29, 0.717) is 17.4 Å². The Bertz CT molecular complexity index is 1780. The highest BCUT2D eigenvalue weighted by Crippen LogP contribution is 2.38. The van der Waals surface area contributed by atoms with E-state index in [2.05, 4.69) is 129 Å². The fourth-order valence-corrected chi connectivity index (χ4v) is 10.5. The van der Waals surface area contributed by atoms with Gasteiger partial charge in [0, 0.05) is 6.42 Å². The smallest absolute Gasteiger partial charge is 0.268 e. The van der Waals surface area contributed by atoms with E-state index < -0.39 is 20.0 Å². The van der Waals surface area contributed by atoms with Crippen molar-refractivity contribution in [2.24, 2.45) is 0 Å². The fraction of sp³-hybridized carbons (Fsp3) is 0.720. The number of aliphatic hydroxyl groups is 1. The Morgan fingerprint density at radius 3 is 1.06 bits per heavy atom. The molecule has 0 saturated carbocycles. The van der Waals surface area contributed by atoms with E-state index in [0.717, 1.165) is 103 Å². The Labute approximate surface area is 520 Å². The van der Waals surface area contributed by atoms with Crippen LogP contribution in [0.25, 0.3) is 0 Å². The summed E-state index contributed by atoms with van der Waals surface area (Å²) in [4.78, 5) is 25.6. The summed E-state index contributed by atoms with van der Waals surface area (Å²) in [6, 6.07) is -0.897. The van der Waals surface area contributed by atoms with Crippen LogP contribution in [-0.4, -0.2) is 68.5 Å². The standard InChI is InChI=1S/C75H133N2O6P/c1-6-8-10-12-14-16-18-20-22-24-26-28-30-31-32-33-34-35-36-37-38-39-40-41-42-43-44-45-47-49-51-53-55-57-59-61-63-65-67-69-75(79)76-73(72-83-84(80,81)82-71-70-77(3,4)5)74(78)68-66-64-62-60-58-56-54-52-50-48-46-29-27-25-23-21-19-17-15-13-11-9-7-2/h8,10,14,16,20,22,26,28,31-32,34-35,37-38,40-41,43-44,66,68,73-74,78H,6-7,9,11-13,15,17-19,21,23-25,27,29-30,33,36,39,42,45-65,67,69-72H2,1-5H3,(H-,76,79,80,81)/b10-8-,16-14-,22-20-,28-26-,32-31-,35-34-,38-37-,41-40-,44-43-,68-66+. The van der Waals surface area contributed by atoms with Gasteiger partial charge in [0.05, 0.1) is 39.9 Å². The normalized spacial score (nSPS) is 14.4. The van der Waals surface area contributed by atoms with Crippen molar-refractivity contribution in [1.82, 2.24) is 5.32 Å². The first-order valence-electron chi connectivity index (χ1n) is 34.9. The molecule has 0 rings (SSSR count). The third-order valence-electron chi connectivity index (χ3n) is 15.2. The van der Waals surface area contributed by atoms with Crippen LogP contribution in [0.15, 0.2) is 122 Å². The molecule has 3 unspecified atom stereocenters. The van der Waals surface area contributed by atoms with Gasteiger partial charge < -0.3 is 28.8 Å². The highest BCUT2D eigenvalue weighted by Gasteiger charge is 2.23. The topological polar surface area (TPSA) is 108 Å². The molecule has 1 amide bonds. The SMILES string of the molecule is CC/C=C\C/C=C\C/C=C\C/C=C\C/C=C\C/C=C\C/C=C\C/C=C\C/C=C\CCCCCCCCCCCCCC(=O)NC(COP(=O)([O-])OCC[N+](C)(C)C)C(O)/C=C/CCCCCCCCCCCCCCCCCCCCCCC. The van der Waals surface area contributed by atoms with Crippen molar-refractivity contribution in [2.75, 3.05) is 40.9 Å². The number of likely N-dealkylation sites (N-methyl/N-ethyl adjacent to an activating group) is 1. The largest absolute Gasteiger partial charge is 0.756 e. The summed E-state index contributed by atoms with van der Waals surface area (Å²) in [7, 11) is 1.25. The first-order chi connectivity index (χ1) is 41.0. The molecule has 0 radical (unpaired) electrons. The molecule has 2 N–H and O–H groups in total. The fourth-order valence-electron chi connectivity index (χ4n) is 9.80. The molecule has 3 atom stereocenters. The maximum absolute atomic E-state index is 13.0. The molecular formula is C75H133N2O6P. The number of carbonyl (C=O) groups is 1. The number of nitrogens with zero attached hydrogens (tertiary/aromatic N) is 1. The molecule has 0 aromatic rings. The minimum absolute atomic E-state index is 0.00588. The number of hydrogen-bond acceptors (Lipinski definition) is 6. The van der Waals surface area contributed by atoms with Crippen LogP contribution in [0.5, 0.6) is 0 Å². The number of amides is 1. The molecule has 0 bridgehead atoms. The van der Waals surface area contributed by atoms with Crippen molar-refractivity contribution < 1.29 is 32.9 Å². The first kappa shape index (κ1) is 80.9. The van der Waals surface area contributed by atoms with E-state index in [1.54, 1.807) is 6.08 Å². The number of allylic oxidation sites excluding steroid dienone is 19. The number of quaternary nitrogens is 1. The van der Waals surface area contributed by atoms with Crippen LogP contribution < -0.4 is 10.2 Å². The van der Waals surface area contributed by atoms with Crippen LogP contribution in [0.3, 0.4) is 0 Å². The summed E-state index contributed by atoms with van der Waals surface area (Å²) in [5.41, 5.74) is 0. The van der Waals surface area contributed by atoms with Crippen molar-refractivity contribution >= 4 is 13.7 Å². The van der Waals surface area contributed by atoms with Gasteiger partial charge in [0.2, 0.25) is 5.91 Å². The van der Waals surface area contributed by atoms with Crippen LogP contribution in [-0.2, 0) is 18.4 Å². The number of aliphatic hydroxyl groups excluding tert-OH is 1. The number of rotatable bonds is 63. The molecule has 484 valence electrons. The van der Waals surface area contributed by atoms with Gasteiger partial charge >= 0.3 is 0 Å². The number of nitrogens with one attached hydrogen (secondary N) is 1. The van der Waals surface area contributed by atoms with E-state index in [-0.39, 0.29) is 19.1 Å². The van der Waals surface area contributed by atoms with Crippen LogP contribution >= 0.6 is 7.82 Å². The molecule has 0 aromatic carbocycles. The van der Waals surface area contributed by atoms with Gasteiger partial charge in [-0.3, -0.25) is 9.36 Å². The molecule has 0 aliphatic heterocycles. The zero-order valence-electron chi connectivity index (χ0n) is 55.3. The maximum atomic E-state index is 13.0. The third-order valence-corrected chi connectivity index (χ3v) is 16.1. The lowest BCUT2D eigenvalue weighted by Gasteiger charge is -2.29. The minimum atomic E-state index is -4.61. The maximum Gasteiger partial charge on any atom is 0.268 e. The van der Waals surface area contributed by atoms with Gasteiger partial charge in [-0.1, -0.05) is 322 Å². The van der Waals surface area contributed by atoms with E-state index in [1.165, 1.54) is 173 Å². The van der Waals surface area contributed by atoms with E-state index in [9.17, 15) is 19.4 Å². The second kappa shape index (κ2) is 64.4. The molecular weight excluding hydrogens is 1060 g/mol. The molecule has 0 spiro atoms. The van der Waals surface area contributed by atoms with Crippen molar-refractivity contribution in [3.8, 4) is 0 Å². The molecule has 0 saturated heterocycles. The average molecular weight is 1190 g/mol. The van der Waals surface area contributed by atoms with Crippen LogP contribution in [0.1, 0.15) is 296 Å². The summed E-state index contributed by atoms with van der Waals surface area (Å²) in [5.74, 6) is -0.202. The molecule has 8 nitrogen and oxygen atoms in total. The summed E-state index contributed by atoms with van der Waals surface area (Å²) in [5, 5.41) is 14.0. The zero-order valence-corrected chi connectivity index (χ0v) is 56.2. The van der Waals surface area contributed by atoms with E-state index in [1.807, 2.05) is 27.2 Å². The number of phosphoric acid groups is 1. The predicted octanol–water partition coefficient (Wildman–Crippen LogP) is 21.8. The Morgan fingerprint density at radius 2 is 0.726 bits per heavy atom. The Kier molecular flexibility index (Phi) is 62.0. The van der Waals surface area contributed by atoms with Crippen LogP contribution in [0, 0.1) is 0 Å². The lowest BCUT2D eigenvalue weighted by atomic mass is 10.0. The molecule has 9 heteroatoms. The molecule has 0 aliphatic rings. The predicted molar refractivity (Wildman–Crippen MR) is 366 cm³/mol. The first-order valence-corrected chi connectivity index (χ1v) is 36.4. The monoisotopic (exact) mass is 1190 g/mol. The van der Waals surface area contributed by atoms with Gasteiger partial charge in [-0.25, -0.2) is 0 Å². The van der Waals surface area contributed by atoms with Gasteiger partial charge in [-0.05, 0) is 89.9 Å². The lowest BCUT2D eigenvalue weighted by Crippen LogP contribution is -2.45. The van der Waals surface area contributed by atoms with Crippen molar-refractivity contribution in [2.45, 2.75) is 309 Å². The second-order valence-corrected chi connectivity index (χ2v) is 25.9. The lowest BCUT2D eigenvalue weighted by molar-refractivity contribution is -0.870. The summed E-state index contributed by atoms with van der Waals surface area (Å²) < 4.78 is 23.4. The quantitative estimate of drug-likeness (QED) is 0.0272. The summed E-state index contributed by atoms with van der Waals surface area (Å²) in [6.07, 6.45) is 95.9. The van der Waals surface area contributed by atoms with Gasteiger partial charge in [0.15, 0.2) is 0 Å². The molecule has 0 fully saturated rings. The van der Waals surface area contributed by atoms with Gasteiger partial charge in [-0.2, -0.15) is 0 Å². The third kappa shape index (κ3) is 66.4. The number of unbranched alkanes of at least 4 members (excludes halogenated alkanes) is 32. The molecule has 0 aliphatic carbocycles.